The van der Waals surface area contributed by atoms with Gasteiger partial charge in [-0.1, -0.05) is 48.1 Å². The molecule has 0 aliphatic carbocycles. The Morgan fingerprint density at radius 3 is 2.73 bits per heavy atom. The van der Waals surface area contributed by atoms with Gasteiger partial charge in [-0.25, -0.2) is 0 Å². The molecule has 0 aliphatic heterocycles. The molecule has 1 N–H and O–H groups in total. The van der Waals surface area contributed by atoms with Crippen LogP contribution in [0, 0.1) is 6.92 Å². The van der Waals surface area contributed by atoms with E-state index in [2.05, 4.69) is 32.1 Å². The van der Waals surface area contributed by atoms with Gasteiger partial charge in [0.1, 0.15) is 11.6 Å². The lowest BCUT2D eigenvalue weighted by molar-refractivity contribution is -0.115. The standard InChI is InChI=1S/C21H21N5O2S2/c1-3-17(20(27)22-18-12-14(2)28-25-18)30-21-24-23-19(13-16-10-7-11-29-16)26(21)15-8-5-4-6-9-15/h4-12,17H,3,13H2,1-2H3,(H,22,25,27). The predicted octanol–water partition coefficient (Wildman–Crippen LogP) is 4.73. The van der Waals surface area contributed by atoms with Crippen molar-refractivity contribution in [2.45, 2.75) is 37.1 Å². The summed E-state index contributed by atoms with van der Waals surface area (Å²) >= 11 is 3.09. The molecular weight excluding hydrogens is 418 g/mol. The number of amides is 1. The smallest absolute Gasteiger partial charge is 0.239 e. The zero-order valence-electron chi connectivity index (χ0n) is 16.6. The summed E-state index contributed by atoms with van der Waals surface area (Å²) in [6.45, 7) is 3.76. The predicted molar refractivity (Wildman–Crippen MR) is 118 cm³/mol. The number of rotatable bonds is 8. The van der Waals surface area contributed by atoms with Crippen molar-refractivity contribution in [1.29, 1.82) is 0 Å². The maximum atomic E-state index is 12.8. The van der Waals surface area contributed by atoms with Crippen LogP contribution in [0.2, 0.25) is 0 Å². The maximum Gasteiger partial charge on any atom is 0.239 e. The third-order valence-corrected chi connectivity index (χ3v) is 6.60. The molecule has 1 atom stereocenters. The summed E-state index contributed by atoms with van der Waals surface area (Å²) in [5.41, 5.74) is 0.971. The lowest BCUT2D eigenvalue weighted by Gasteiger charge is -2.15. The minimum Gasteiger partial charge on any atom is -0.360 e. The van der Waals surface area contributed by atoms with Crippen LogP contribution in [-0.4, -0.2) is 31.1 Å². The van der Waals surface area contributed by atoms with Gasteiger partial charge in [-0.15, -0.1) is 21.5 Å². The molecule has 0 spiro atoms. The molecule has 1 unspecified atom stereocenters. The summed E-state index contributed by atoms with van der Waals surface area (Å²) in [5, 5.41) is 17.9. The van der Waals surface area contributed by atoms with Crippen molar-refractivity contribution in [2.75, 3.05) is 5.32 Å². The van der Waals surface area contributed by atoms with Crippen molar-refractivity contribution >= 4 is 34.8 Å². The van der Waals surface area contributed by atoms with E-state index < -0.39 is 0 Å². The number of hydrogen-bond donors (Lipinski definition) is 1. The number of carbonyl (C=O) groups excluding carboxylic acids is 1. The summed E-state index contributed by atoms with van der Waals surface area (Å²) in [6, 6.07) is 15.8. The molecular formula is C21H21N5O2S2. The normalized spacial score (nSPS) is 12.1. The van der Waals surface area contributed by atoms with Gasteiger partial charge in [0.15, 0.2) is 11.0 Å². The van der Waals surface area contributed by atoms with Crippen molar-refractivity contribution in [2.24, 2.45) is 0 Å². The van der Waals surface area contributed by atoms with Crippen LogP contribution in [0.25, 0.3) is 5.69 Å². The molecule has 3 aromatic heterocycles. The molecule has 1 amide bonds. The Morgan fingerprint density at radius 2 is 2.07 bits per heavy atom. The average molecular weight is 440 g/mol. The number of nitrogens with one attached hydrogen (secondary N) is 1. The third-order valence-electron chi connectivity index (χ3n) is 4.42. The molecule has 0 bridgehead atoms. The van der Waals surface area contributed by atoms with Crippen molar-refractivity contribution in [1.82, 2.24) is 19.9 Å². The average Bonchev–Trinajstić information content (AvgIpc) is 3.49. The van der Waals surface area contributed by atoms with E-state index in [4.69, 9.17) is 4.52 Å². The van der Waals surface area contributed by atoms with E-state index in [-0.39, 0.29) is 11.2 Å². The molecule has 0 saturated heterocycles. The van der Waals surface area contributed by atoms with Gasteiger partial charge in [0, 0.05) is 23.1 Å². The van der Waals surface area contributed by atoms with E-state index >= 15 is 0 Å². The second kappa shape index (κ2) is 9.27. The summed E-state index contributed by atoms with van der Waals surface area (Å²) in [5.74, 6) is 1.76. The molecule has 4 rings (SSSR count). The molecule has 0 saturated carbocycles. The SMILES string of the molecule is CCC(Sc1nnc(Cc2cccs2)n1-c1ccccc1)C(=O)Nc1cc(C)on1. The number of benzene rings is 1. The number of aryl methyl sites for hydroxylation is 1. The second-order valence-electron chi connectivity index (χ2n) is 6.65. The zero-order chi connectivity index (χ0) is 20.9. The van der Waals surface area contributed by atoms with Gasteiger partial charge < -0.3 is 9.84 Å². The van der Waals surface area contributed by atoms with Gasteiger partial charge in [-0.2, -0.15) is 0 Å². The van der Waals surface area contributed by atoms with Crippen LogP contribution in [0.15, 0.2) is 63.6 Å². The topological polar surface area (TPSA) is 85.8 Å². The molecule has 0 radical (unpaired) electrons. The van der Waals surface area contributed by atoms with E-state index in [9.17, 15) is 4.79 Å². The Bertz CT molecular complexity index is 1110. The highest BCUT2D eigenvalue weighted by atomic mass is 32.2. The fourth-order valence-corrected chi connectivity index (χ4v) is 4.67. The minimum atomic E-state index is -0.344. The van der Waals surface area contributed by atoms with Gasteiger partial charge in [0.25, 0.3) is 0 Å². The highest BCUT2D eigenvalue weighted by molar-refractivity contribution is 8.00. The van der Waals surface area contributed by atoms with Gasteiger partial charge in [-0.3, -0.25) is 9.36 Å². The van der Waals surface area contributed by atoms with Crippen LogP contribution in [0.5, 0.6) is 0 Å². The highest BCUT2D eigenvalue weighted by Crippen LogP contribution is 2.29. The Balaban J connectivity index is 1.60. The lowest BCUT2D eigenvalue weighted by atomic mass is 10.3. The largest absolute Gasteiger partial charge is 0.360 e. The van der Waals surface area contributed by atoms with Crippen molar-refractivity contribution in [3.63, 3.8) is 0 Å². The summed E-state index contributed by atoms with van der Waals surface area (Å²) in [7, 11) is 0. The number of carbonyl (C=O) groups is 1. The molecule has 0 fully saturated rings. The monoisotopic (exact) mass is 439 g/mol. The number of aromatic nitrogens is 4. The Morgan fingerprint density at radius 1 is 1.23 bits per heavy atom. The summed E-state index contributed by atoms with van der Waals surface area (Å²) in [6.07, 6.45) is 1.32. The Kier molecular flexibility index (Phi) is 6.29. The van der Waals surface area contributed by atoms with E-state index in [1.807, 2.05) is 47.9 Å². The van der Waals surface area contributed by atoms with E-state index in [0.717, 1.165) is 11.5 Å². The van der Waals surface area contributed by atoms with Crippen LogP contribution in [-0.2, 0) is 11.2 Å². The van der Waals surface area contributed by atoms with Crippen LogP contribution in [0.4, 0.5) is 5.82 Å². The first-order valence-corrected chi connectivity index (χ1v) is 11.3. The number of para-hydroxylation sites is 1. The molecule has 9 heteroatoms. The first-order chi connectivity index (χ1) is 14.6. The van der Waals surface area contributed by atoms with Gasteiger partial charge in [0.2, 0.25) is 5.91 Å². The summed E-state index contributed by atoms with van der Waals surface area (Å²) in [4.78, 5) is 14.0. The van der Waals surface area contributed by atoms with Crippen LogP contribution in [0.1, 0.15) is 29.8 Å². The lowest BCUT2D eigenvalue weighted by Crippen LogP contribution is -2.25. The van der Waals surface area contributed by atoms with E-state index in [1.54, 1.807) is 24.3 Å². The van der Waals surface area contributed by atoms with E-state index in [1.165, 1.54) is 16.6 Å². The first kappa shape index (κ1) is 20.4. The fraction of sp³-hybridized carbons (Fsp3) is 0.238. The van der Waals surface area contributed by atoms with Crippen LogP contribution in [0.3, 0.4) is 0 Å². The number of thiophene rings is 1. The number of thioether (sulfide) groups is 1. The van der Waals surface area contributed by atoms with Gasteiger partial charge in [-0.05, 0) is 36.9 Å². The summed E-state index contributed by atoms with van der Waals surface area (Å²) < 4.78 is 7.06. The third kappa shape index (κ3) is 4.63. The van der Waals surface area contributed by atoms with Gasteiger partial charge >= 0.3 is 0 Å². The minimum absolute atomic E-state index is 0.141. The first-order valence-electron chi connectivity index (χ1n) is 9.57. The Hall–Kier alpha value is -2.91. The van der Waals surface area contributed by atoms with Crippen LogP contribution >= 0.6 is 23.1 Å². The second-order valence-corrected chi connectivity index (χ2v) is 8.85. The molecule has 4 aromatic rings. The van der Waals surface area contributed by atoms with Crippen molar-refractivity contribution < 1.29 is 9.32 Å². The molecule has 3 heterocycles. The molecule has 1 aromatic carbocycles. The number of hydrogen-bond acceptors (Lipinski definition) is 7. The molecule has 0 aliphatic rings. The molecule has 7 nitrogen and oxygen atoms in total. The quantitative estimate of drug-likeness (QED) is 0.400. The van der Waals surface area contributed by atoms with Crippen LogP contribution < -0.4 is 5.32 Å². The fourth-order valence-electron chi connectivity index (χ4n) is 2.98. The zero-order valence-corrected chi connectivity index (χ0v) is 18.2. The van der Waals surface area contributed by atoms with Crippen molar-refractivity contribution in [3.05, 3.63) is 70.4 Å². The molecule has 154 valence electrons. The molecule has 30 heavy (non-hydrogen) atoms. The van der Waals surface area contributed by atoms with E-state index in [0.29, 0.717) is 29.6 Å². The van der Waals surface area contributed by atoms with Crippen molar-refractivity contribution in [3.8, 4) is 5.69 Å². The number of anilines is 1. The van der Waals surface area contributed by atoms with Gasteiger partial charge in [0.05, 0.1) is 5.25 Å². The maximum absolute atomic E-state index is 12.8. The highest BCUT2D eigenvalue weighted by Gasteiger charge is 2.24. The number of nitrogens with zero attached hydrogens (tertiary/aromatic N) is 4. The Labute approximate surface area is 182 Å².